The van der Waals surface area contributed by atoms with Gasteiger partial charge in [0.15, 0.2) is 0 Å². The molecule has 2 aliphatic rings. The van der Waals surface area contributed by atoms with E-state index in [0.717, 1.165) is 38.1 Å². The minimum Gasteiger partial charge on any atom is -0.390 e. The highest BCUT2D eigenvalue weighted by Gasteiger charge is 2.33. The molecule has 1 heterocycles. The van der Waals surface area contributed by atoms with Crippen molar-refractivity contribution in [2.24, 2.45) is 5.92 Å². The summed E-state index contributed by atoms with van der Waals surface area (Å²) in [6.45, 7) is 9.79. The van der Waals surface area contributed by atoms with E-state index in [0.29, 0.717) is 0 Å². The van der Waals surface area contributed by atoms with Crippen LogP contribution in [0.1, 0.15) is 78.1 Å². The third-order valence-electron chi connectivity index (χ3n) is 5.93. The molecule has 0 bridgehead atoms. The van der Waals surface area contributed by atoms with Crippen LogP contribution in [0.25, 0.3) is 0 Å². The summed E-state index contributed by atoms with van der Waals surface area (Å²) < 4.78 is 0. The van der Waals surface area contributed by atoms with Crippen LogP contribution in [0.5, 0.6) is 0 Å². The van der Waals surface area contributed by atoms with Gasteiger partial charge < -0.3 is 10.0 Å². The van der Waals surface area contributed by atoms with Crippen molar-refractivity contribution < 1.29 is 5.11 Å². The first-order chi connectivity index (χ1) is 11.2. The van der Waals surface area contributed by atoms with E-state index in [1.54, 1.807) is 0 Å². The van der Waals surface area contributed by atoms with Crippen LogP contribution in [0, 0.1) is 5.92 Å². The maximum Gasteiger partial charge on any atom is 0.0793 e. The van der Waals surface area contributed by atoms with Crippen LogP contribution in [0.3, 0.4) is 0 Å². The van der Waals surface area contributed by atoms with Crippen LogP contribution in [0.2, 0.25) is 0 Å². The summed E-state index contributed by atoms with van der Waals surface area (Å²) in [5, 5.41) is 10.7. The zero-order chi connectivity index (χ0) is 16.5. The lowest BCUT2D eigenvalue weighted by atomic mass is 9.78. The standard InChI is InChI=1S/C20H40N2O/c1-3-5-13-21(14-6-4-2)16-19(23)17-22-15-9-11-18-10-7-8-12-20(18)22/h18-20,23H,3-17H2,1-2H3. The minimum atomic E-state index is -0.176. The molecule has 1 aliphatic carbocycles. The fourth-order valence-electron chi connectivity index (χ4n) is 4.64. The number of piperidine rings is 1. The van der Waals surface area contributed by atoms with Gasteiger partial charge in [0.1, 0.15) is 0 Å². The number of fused-ring (bicyclic) bond motifs is 1. The van der Waals surface area contributed by atoms with Gasteiger partial charge in [0, 0.05) is 19.1 Å². The van der Waals surface area contributed by atoms with E-state index in [4.69, 9.17) is 0 Å². The SMILES string of the molecule is CCCCN(CCCC)CC(O)CN1CCCC2CCCCC21. The van der Waals surface area contributed by atoms with Crippen molar-refractivity contribution in [1.29, 1.82) is 0 Å². The normalized spacial score (nSPS) is 27.1. The Morgan fingerprint density at radius 3 is 2.35 bits per heavy atom. The molecule has 1 saturated carbocycles. The second-order valence-electron chi connectivity index (χ2n) is 7.91. The highest BCUT2D eigenvalue weighted by atomic mass is 16.3. The van der Waals surface area contributed by atoms with Gasteiger partial charge in [-0.25, -0.2) is 0 Å². The molecule has 0 aromatic heterocycles. The Hall–Kier alpha value is -0.120. The number of aliphatic hydroxyl groups is 1. The van der Waals surface area contributed by atoms with Crippen molar-refractivity contribution in [3.8, 4) is 0 Å². The van der Waals surface area contributed by atoms with Crippen molar-refractivity contribution in [3.63, 3.8) is 0 Å². The van der Waals surface area contributed by atoms with Gasteiger partial charge in [-0.2, -0.15) is 0 Å². The van der Waals surface area contributed by atoms with E-state index >= 15 is 0 Å². The van der Waals surface area contributed by atoms with E-state index < -0.39 is 0 Å². The minimum absolute atomic E-state index is 0.176. The molecular formula is C20H40N2O. The number of aliphatic hydroxyl groups excluding tert-OH is 1. The molecule has 2 rings (SSSR count). The van der Waals surface area contributed by atoms with E-state index in [-0.39, 0.29) is 6.10 Å². The highest BCUT2D eigenvalue weighted by molar-refractivity contribution is 4.88. The van der Waals surface area contributed by atoms with Crippen LogP contribution < -0.4 is 0 Å². The second-order valence-corrected chi connectivity index (χ2v) is 7.91. The molecule has 3 heteroatoms. The molecule has 136 valence electrons. The van der Waals surface area contributed by atoms with Crippen LogP contribution in [0.4, 0.5) is 0 Å². The zero-order valence-electron chi connectivity index (χ0n) is 15.7. The number of rotatable bonds is 10. The molecule has 0 spiro atoms. The molecule has 0 radical (unpaired) electrons. The summed E-state index contributed by atoms with van der Waals surface area (Å²) in [4.78, 5) is 5.13. The fourth-order valence-corrected chi connectivity index (χ4v) is 4.64. The lowest BCUT2D eigenvalue weighted by Gasteiger charge is -2.45. The quantitative estimate of drug-likeness (QED) is 0.660. The number of hydrogen-bond acceptors (Lipinski definition) is 3. The summed E-state index contributed by atoms with van der Waals surface area (Å²) in [5.41, 5.74) is 0. The Morgan fingerprint density at radius 1 is 1.00 bits per heavy atom. The predicted molar refractivity (Wildman–Crippen MR) is 98.8 cm³/mol. The highest BCUT2D eigenvalue weighted by Crippen LogP contribution is 2.35. The van der Waals surface area contributed by atoms with E-state index in [2.05, 4.69) is 23.6 Å². The molecule has 2 fully saturated rings. The van der Waals surface area contributed by atoms with E-state index in [1.165, 1.54) is 70.8 Å². The Labute approximate surface area is 144 Å². The Balaban J connectivity index is 1.79. The molecule has 3 atom stereocenters. The van der Waals surface area contributed by atoms with E-state index in [9.17, 15) is 5.11 Å². The van der Waals surface area contributed by atoms with Crippen LogP contribution in [0.15, 0.2) is 0 Å². The molecule has 3 nitrogen and oxygen atoms in total. The Bertz CT molecular complexity index is 300. The van der Waals surface area contributed by atoms with Crippen molar-refractivity contribution in [2.45, 2.75) is 90.2 Å². The lowest BCUT2D eigenvalue weighted by molar-refractivity contribution is 0.00930. The van der Waals surface area contributed by atoms with Gasteiger partial charge in [0.25, 0.3) is 0 Å². The molecule has 1 aliphatic heterocycles. The van der Waals surface area contributed by atoms with Gasteiger partial charge in [0.05, 0.1) is 6.10 Å². The van der Waals surface area contributed by atoms with Gasteiger partial charge in [-0.15, -0.1) is 0 Å². The largest absolute Gasteiger partial charge is 0.390 e. The second kappa shape index (κ2) is 10.7. The van der Waals surface area contributed by atoms with Gasteiger partial charge >= 0.3 is 0 Å². The molecule has 3 unspecified atom stereocenters. The molecule has 0 aromatic carbocycles. The van der Waals surface area contributed by atoms with Crippen molar-refractivity contribution in [3.05, 3.63) is 0 Å². The maximum atomic E-state index is 10.7. The monoisotopic (exact) mass is 324 g/mol. The van der Waals surface area contributed by atoms with Gasteiger partial charge in [-0.05, 0) is 64.1 Å². The predicted octanol–water partition coefficient (Wildman–Crippen LogP) is 3.90. The van der Waals surface area contributed by atoms with Crippen molar-refractivity contribution in [1.82, 2.24) is 9.80 Å². The third-order valence-corrected chi connectivity index (χ3v) is 5.93. The molecule has 1 saturated heterocycles. The smallest absolute Gasteiger partial charge is 0.0793 e. The summed E-state index contributed by atoms with van der Waals surface area (Å²) in [6.07, 6.45) is 13.2. The zero-order valence-corrected chi connectivity index (χ0v) is 15.7. The third kappa shape index (κ3) is 6.36. The number of hydrogen-bond donors (Lipinski definition) is 1. The fraction of sp³-hybridized carbons (Fsp3) is 1.00. The summed E-state index contributed by atoms with van der Waals surface area (Å²) in [7, 11) is 0. The average molecular weight is 325 g/mol. The molecule has 0 aromatic rings. The molecular weight excluding hydrogens is 284 g/mol. The van der Waals surface area contributed by atoms with Crippen LogP contribution >= 0.6 is 0 Å². The first-order valence-corrected chi connectivity index (χ1v) is 10.4. The van der Waals surface area contributed by atoms with Crippen LogP contribution in [-0.2, 0) is 0 Å². The topological polar surface area (TPSA) is 26.7 Å². The number of unbranched alkanes of at least 4 members (excludes halogenated alkanes) is 2. The number of β-amino-alcohol motifs (C(OH)–C–C–N with tert-alkyl or cyclic N) is 1. The first-order valence-electron chi connectivity index (χ1n) is 10.4. The van der Waals surface area contributed by atoms with Gasteiger partial charge in [-0.3, -0.25) is 4.90 Å². The number of nitrogens with zero attached hydrogens (tertiary/aromatic N) is 2. The number of likely N-dealkylation sites (tertiary alicyclic amines) is 1. The Morgan fingerprint density at radius 2 is 1.65 bits per heavy atom. The average Bonchev–Trinajstić information content (AvgIpc) is 2.57. The van der Waals surface area contributed by atoms with Gasteiger partial charge in [-0.1, -0.05) is 39.5 Å². The first kappa shape index (κ1) is 19.2. The molecule has 0 amide bonds. The Kier molecular flexibility index (Phi) is 8.92. The summed E-state index contributed by atoms with van der Waals surface area (Å²) in [6, 6.07) is 0.770. The summed E-state index contributed by atoms with van der Waals surface area (Å²) >= 11 is 0. The maximum absolute atomic E-state index is 10.7. The molecule has 23 heavy (non-hydrogen) atoms. The van der Waals surface area contributed by atoms with Crippen molar-refractivity contribution >= 4 is 0 Å². The van der Waals surface area contributed by atoms with E-state index in [1.807, 2.05) is 0 Å². The van der Waals surface area contributed by atoms with Crippen molar-refractivity contribution in [2.75, 3.05) is 32.7 Å². The van der Waals surface area contributed by atoms with Gasteiger partial charge in [0.2, 0.25) is 0 Å². The molecule has 1 N–H and O–H groups in total. The lowest BCUT2D eigenvalue weighted by Crippen LogP contribution is -2.51. The summed E-state index contributed by atoms with van der Waals surface area (Å²) in [5.74, 6) is 0.918. The van der Waals surface area contributed by atoms with Crippen LogP contribution in [-0.4, -0.2) is 59.8 Å².